The van der Waals surface area contributed by atoms with Gasteiger partial charge in [-0.3, -0.25) is 4.79 Å². The van der Waals surface area contributed by atoms with Gasteiger partial charge in [0.15, 0.2) is 5.82 Å². The SMILES string of the molecule is O=C(Nc1ccsc1)N[C@H]1CCCN(c2ncc[nH]c2=O)C1. The molecule has 3 N–H and O–H groups in total. The summed E-state index contributed by atoms with van der Waals surface area (Å²) < 4.78 is 0. The van der Waals surface area contributed by atoms with E-state index in [1.807, 2.05) is 21.7 Å². The molecule has 0 bridgehead atoms. The van der Waals surface area contributed by atoms with Gasteiger partial charge in [-0.05, 0) is 24.3 Å². The fraction of sp³-hybridized carbons (Fsp3) is 0.357. The Morgan fingerprint density at radius 1 is 1.50 bits per heavy atom. The minimum atomic E-state index is -0.222. The number of piperidine rings is 1. The topological polar surface area (TPSA) is 90.1 Å². The van der Waals surface area contributed by atoms with Crippen molar-refractivity contribution in [3.8, 4) is 0 Å². The summed E-state index contributed by atoms with van der Waals surface area (Å²) in [6.45, 7) is 1.35. The molecule has 1 atom stereocenters. The van der Waals surface area contributed by atoms with Gasteiger partial charge >= 0.3 is 6.03 Å². The highest BCUT2D eigenvalue weighted by atomic mass is 32.1. The summed E-state index contributed by atoms with van der Waals surface area (Å²) in [4.78, 5) is 32.4. The summed E-state index contributed by atoms with van der Waals surface area (Å²) in [6.07, 6.45) is 4.87. The van der Waals surface area contributed by atoms with Gasteiger partial charge in [-0.15, -0.1) is 0 Å². The molecule has 2 aromatic rings. The molecule has 0 aromatic carbocycles. The van der Waals surface area contributed by atoms with E-state index in [-0.39, 0.29) is 17.6 Å². The maximum atomic E-state index is 12.0. The number of thiophene rings is 1. The lowest BCUT2D eigenvalue weighted by Gasteiger charge is -2.33. The van der Waals surface area contributed by atoms with Crippen LogP contribution in [0.5, 0.6) is 0 Å². The van der Waals surface area contributed by atoms with Crippen LogP contribution in [0.15, 0.2) is 34.0 Å². The molecule has 3 heterocycles. The van der Waals surface area contributed by atoms with Crippen LogP contribution in [0.2, 0.25) is 0 Å². The van der Waals surface area contributed by atoms with Crippen molar-refractivity contribution >= 4 is 28.9 Å². The predicted octanol–water partition coefficient (Wildman–Crippen LogP) is 1.62. The summed E-state index contributed by atoms with van der Waals surface area (Å²) >= 11 is 1.53. The molecule has 1 aliphatic rings. The van der Waals surface area contributed by atoms with Gasteiger partial charge in [-0.1, -0.05) is 0 Å². The van der Waals surface area contributed by atoms with Crippen LogP contribution in [-0.2, 0) is 0 Å². The molecule has 0 aliphatic carbocycles. The van der Waals surface area contributed by atoms with E-state index in [9.17, 15) is 9.59 Å². The molecule has 1 aliphatic heterocycles. The lowest BCUT2D eigenvalue weighted by atomic mass is 10.1. The van der Waals surface area contributed by atoms with Crippen LogP contribution < -0.4 is 21.1 Å². The van der Waals surface area contributed by atoms with Crippen LogP contribution in [-0.4, -0.2) is 35.1 Å². The first-order chi connectivity index (χ1) is 10.7. The normalized spacial score (nSPS) is 18.0. The second kappa shape index (κ2) is 6.61. The highest BCUT2D eigenvalue weighted by Gasteiger charge is 2.23. The molecular weight excluding hydrogens is 302 g/mol. The molecule has 0 unspecified atom stereocenters. The van der Waals surface area contributed by atoms with Crippen LogP contribution in [0.1, 0.15) is 12.8 Å². The molecule has 116 valence electrons. The van der Waals surface area contributed by atoms with Crippen molar-refractivity contribution in [1.29, 1.82) is 0 Å². The van der Waals surface area contributed by atoms with Crippen LogP contribution in [0.4, 0.5) is 16.3 Å². The molecule has 7 nitrogen and oxygen atoms in total. The van der Waals surface area contributed by atoms with Gasteiger partial charge in [-0.2, -0.15) is 11.3 Å². The first-order valence-electron chi connectivity index (χ1n) is 7.11. The summed E-state index contributed by atoms with van der Waals surface area (Å²) in [5, 5.41) is 9.53. The number of carbonyl (C=O) groups excluding carboxylic acids is 1. The van der Waals surface area contributed by atoms with Crippen molar-refractivity contribution in [2.75, 3.05) is 23.3 Å². The number of rotatable bonds is 3. The van der Waals surface area contributed by atoms with Gasteiger partial charge in [0.1, 0.15) is 0 Å². The number of hydrogen-bond acceptors (Lipinski definition) is 5. The molecule has 22 heavy (non-hydrogen) atoms. The van der Waals surface area contributed by atoms with Crippen molar-refractivity contribution in [2.45, 2.75) is 18.9 Å². The van der Waals surface area contributed by atoms with Crippen LogP contribution in [0, 0.1) is 0 Å². The second-order valence-electron chi connectivity index (χ2n) is 5.14. The Balaban J connectivity index is 1.60. The number of carbonyl (C=O) groups is 1. The number of H-pyrrole nitrogens is 1. The van der Waals surface area contributed by atoms with E-state index in [2.05, 4.69) is 20.6 Å². The molecule has 0 spiro atoms. The van der Waals surface area contributed by atoms with E-state index in [4.69, 9.17) is 0 Å². The first-order valence-corrected chi connectivity index (χ1v) is 8.05. The minimum absolute atomic E-state index is 0.00575. The number of urea groups is 1. The first kappa shape index (κ1) is 14.6. The Labute approximate surface area is 131 Å². The third-order valence-electron chi connectivity index (χ3n) is 3.52. The van der Waals surface area contributed by atoms with Crippen molar-refractivity contribution in [3.05, 3.63) is 39.6 Å². The van der Waals surface area contributed by atoms with E-state index in [1.165, 1.54) is 17.5 Å². The van der Waals surface area contributed by atoms with Crippen LogP contribution >= 0.6 is 11.3 Å². The number of hydrogen-bond donors (Lipinski definition) is 3. The summed E-state index contributed by atoms with van der Waals surface area (Å²) in [5.74, 6) is 0.409. The van der Waals surface area contributed by atoms with Gasteiger partial charge in [-0.25, -0.2) is 9.78 Å². The van der Waals surface area contributed by atoms with Gasteiger partial charge in [0.25, 0.3) is 5.56 Å². The average molecular weight is 319 g/mol. The zero-order valence-corrected chi connectivity index (χ0v) is 12.7. The lowest BCUT2D eigenvalue weighted by Crippen LogP contribution is -2.50. The van der Waals surface area contributed by atoms with E-state index in [1.54, 1.807) is 6.20 Å². The van der Waals surface area contributed by atoms with Crippen molar-refractivity contribution in [2.24, 2.45) is 0 Å². The molecule has 0 saturated carbocycles. The number of anilines is 2. The number of nitrogens with one attached hydrogen (secondary N) is 3. The third-order valence-corrected chi connectivity index (χ3v) is 4.21. The van der Waals surface area contributed by atoms with Crippen molar-refractivity contribution < 1.29 is 4.79 Å². The minimum Gasteiger partial charge on any atom is -0.350 e. The fourth-order valence-electron chi connectivity index (χ4n) is 2.54. The Bertz CT molecular complexity index is 685. The Hall–Kier alpha value is -2.35. The zero-order chi connectivity index (χ0) is 15.4. The quantitative estimate of drug-likeness (QED) is 0.802. The Kier molecular flexibility index (Phi) is 4.38. The predicted molar refractivity (Wildman–Crippen MR) is 86.6 cm³/mol. The van der Waals surface area contributed by atoms with Crippen molar-refractivity contribution in [1.82, 2.24) is 15.3 Å². The molecular formula is C14H17N5O2S. The monoisotopic (exact) mass is 319 g/mol. The number of nitrogens with zero attached hydrogens (tertiary/aromatic N) is 2. The second-order valence-corrected chi connectivity index (χ2v) is 5.92. The lowest BCUT2D eigenvalue weighted by molar-refractivity contribution is 0.246. The van der Waals surface area contributed by atoms with Crippen molar-refractivity contribution in [3.63, 3.8) is 0 Å². The fourth-order valence-corrected chi connectivity index (χ4v) is 3.13. The number of amides is 2. The van der Waals surface area contributed by atoms with E-state index < -0.39 is 0 Å². The van der Waals surface area contributed by atoms with E-state index in [0.717, 1.165) is 25.1 Å². The van der Waals surface area contributed by atoms with Crippen LogP contribution in [0.3, 0.4) is 0 Å². The summed E-state index contributed by atoms with van der Waals surface area (Å²) in [7, 11) is 0. The third kappa shape index (κ3) is 3.45. The van der Waals surface area contributed by atoms with Gasteiger partial charge in [0, 0.05) is 36.9 Å². The zero-order valence-electron chi connectivity index (χ0n) is 11.9. The molecule has 8 heteroatoms. The largest absolute Gasteiger partial charge is 0.350 e. The summed E-state index contributed by atoms with van der Waals surface area (Å²) in [5.41, 5.74) is 0.585. The highest BCUT2D eigenvalue weighted by molar-refractivity contribution is 7.08. The average Bonchev–Trinajstić information content (AvgIpc) is 3.00. The molecule has 0 radical (unpaired) electrons. The van der Waals surface area contributed by atoms with Crippen LogP contribution in [0.25, 0.3) is 0 Å². The molecule has 2 amide bonds. The van der Waals surface area contributed by atoms with Gasteiger partial charge in [0.2, 0.25) is 0 Å². The van der Waals surface area contributed by atoms with Gasteiger partial charge < -0.3 is 20.5 Å². The smallest absolute Gasteiger partial charge is 0.319 e. The number of aromatic amines is 1. The number of aromatic nitrogens is 2. The Morgan fingerprint density at radius 3 is 3.18 bits per heavy atom. The molecule has 2 aromatic heterocycles. The molecule has 1 saturated heterocycles. The standard InChI is InChI=1S/C14H17N5O2S/c20-13-12(15-4-5-16-13)19-6-1-2-10(8-19)17-14(21)18-11-3-7-22-9-11/h3-5,7,9-10H,1-2,6,8H2,(H,16,20)(H2,17,18,21)/t10-/m0/s1. The van der Waals surface area contributed by atoms with E-state index >= 15 is 0 Å². The summed E-state index contributed by atoms with van der Waals surface area (Å²) in [6, 6.07) is 1.62. The van der Waals surface area contributed by atoms with E-state index in [0.29, 0.717) is 12.4 Å². The molecule has 3 rings (SSSR count). The maximum Gasteiger partial charge on any atom is 0.319 e. The van der Waals surface area contributed by atoms with Gasteiger partial charge in [0.05, 0.1) is 5.69 Å². The Morgan fingerprint density at radius 2 is 2.41 bits per heavy atom. The highest BCUT2D eigenvalue weighted by Crippen LogP contribution is 2.15. The maximum absolute atomic E-state index is 12.0. The molecule has 1 fully saturated rings.